The summed E-state index contributed by atoms with van der Waals surface area (Å²) in [5, 5.41) is 0. The summed E-state index contributed by atoms with van der Waals surface area (Å²) in [5.41, 5.74) is 6.57. The summed E-state index contributed by atoms with van der Waals surface area (Å²) in [6.07, 6.45) is 3.69. The van der Waals surface area contributed by atoms with Gasteiger partial charge in [-0.25, -0.2) is 13.1 Å². The van der Waals surface area contributed by atoms with Crippen molar-refractivity contribution in [3.05, 3.63) is 144 Å². The smallest absolute Gasteiger partial charge is 0.264 e. The van der Waals surface area contributed by atoms with Gasteiger partial charge in [-0.05, 0) is 58.0 Å². The molecule has 0 saturated heterocycles. The summed E-state index contributed by atoms with van der Waals surface area (Å²) in [5.74, 6) is -0.704. The molecule has 1 amide bonds. The van der Waals surface area contributed by atoms with E-state index in [1.165, 1.54) is 29.3 Å². The van der Waals surface area contributed by atoms with E-state index in [0.717, 1.165) is 28.7 Å². The molecule has 0 aliphatic rings. The molecule has 4 aromatic rings. The van der Waals surface area contributed by atoms with Crippen LogP contribution in [0.5, 0.6) is 0 Å². The maximum absolute atomic E-state index is 12.3. The zero-order valence-corrected chi connectivity index (χ0v) is 20.8. The average Bonchev–Trinajstić information content (AvgIpc) is 2.92. The topological polar surface area (TPSA) is 63.2 Å². The summed E-state index contributed by atoms with van der Waals surface area (Å²) in [6, 6.07) is 36.4. The quantitative estimate of drug-likeness (QED) is 0.223. The molecule has 5 heteroatoms. The van der Waals surface area contributed by atoms with Gasteiger partial charge in [-0.1, -0.05) is 110 Å². The van der Waals surface area contributed by atoms with Crippen LogP contribution in [0.2, 0.25) is 0 Å². The third-order valence-corrected chi connectivity index (χ3v) is 7.12. The van der Waals surface area contributed by atoms with Crippen molar-refractivity contribution >= 4 is 33.2 Å². The van der Waals surface area contributed by atoms with Crippen LogP contribution in [-0.4, -0.2) is 14.3 Å². The third kappa shape index (κ3) is 6.06. The number of hydrogen-bond donors (Lipinski definition) is 1. The van der Waals surface area contributed by atoms with E-state index in [1.807, 2.05) is 60.7 Å². The Morgan fingerprint density at radius 2 is 1.19 bits per heavy atom. The lowest BCUT2D eigenvalue weighted by atomic mass is 9.88. The molecule has 0 aliphatic heterocycles. The second-order valence-corrected chi connectivity index (χ2v) is 9.86. The fourth-order valence-corrected chi connectivity index (χ4v) is 5.01. The molecule has 4 nitrogen and oxygen atoms in total. The fraction of sp³-hybridized carbons (Fsp3) is 0.0645. The number of hydrogen-bond acceptors (Lipinski definition) is 3. The number of rotatable bonds is 8. The SMILES string of the molecule is CC/C(=C(\c1ccccc1)c1ccc(/C=C/C(=O)NS(=O)(=O)c2ccccc2)cc1)c1ccccc1. The highest BCUT2D eigenvalue weighted by molar-refractivity contribution is 7.90. The van der Waals surface area contributed by atoms with Gasteiger partial charge in [-0.2, -0.15) is 0 Å². The Hall–Kier alpha value is -4.22. The molecule has 0 atom stereocenters. The van der Waals surface area contributed by atoms with Crippen molar-refractivity contribution in [3.8, 4) is 0 Å². The molecule has 180 valence electrons. The van der Waals surface area contributed by atoms with E-state index in [0.29, 0.717) is 0 Å². The van der Waals surface area contributed by atoms with E-state index in [2.05, 4.69) is 35.9 Å². The highest BCUT2D eigenvalue weighted by Gasteiger charge is 2.15. The second-order valence-electron chi connectivity index (χ2n) is 8.18. The lowest BCUT2D eigenvalue weighted by Crippen LogP contribution is -2.28. The fourth-order valence-electron chi connectivity index (χ4n) is 4.04. The number of sulfonamides is 1. The molecule has 1 N–H and O–H groups in total. The maximum Gasteiger partial charge on any atom is 0.264 e. The summed E-state index contributed by atoms with van der Waals surface area (Å²) in [7, 11) is -3.91. The first-order chi connectivity index (χ1) is 17.5. The van der Waals surface area contributed by atoms with Gasteiger partial charge >= 0.3 is 0 Å². The minimum atomic E-state index is -3.91. The Bertz CT molecular complexity index is 1470. The highest BCUT2D eigenvalue weighted by Crippen LogP contribution is 2.34. The van der Waals surface area contributed by atoms with Gasteiger partial charge < -0.3 is 0 Å². The Kier molecular flexibility index (Phi) is 7.93. The molecule has 0 aromatic heterocycles. The van der Waals surface area contributed by atoms with Crippen LogP contribution >= 0.6 is 0 Å². The van der Waals surface area contributed by atoms with Crippen LogP contribution < -0.4 is 4.72 Å². The van der Waals surface area contributed by atoms with E-state index in [4.69, 9.17) is 0 Å². The molecule has 0 spiro atoms. The van der Waals surface area contributed by atoms with Gasteiger partial charge in [0.05, 0.1) is 4.90 Å². The molecule has 4 rings (SSSR count). The minimum Gasteiger partial charge on any atom is -0.269 e. The van der Waals surface area contributed by atoms with Gasteiger partial charge in [-0.3, -0.25) is 4.79 Å². The van der Waals surface area contributed by atoms with Gasteiger partial charge in [0.1, 0.15) is 0 Å². The predicted molar refractivity (Wildman–Crippen MR) is 146 cm³/mol. The van der Waals surface area contributed by atoms with Crippen molar-refractivity contribution in [2.75, 3.05) is 0 Å². The Morgan fingerprint density at radius 1 is 0.694 bits per heavy atom. The standard InChI is InChI=1S/C31H27NO3S/c1-2-29(25-12-6-3-7-13-25)31(26-14-8-4-9-15-26)27-21-18-24(19-22-27)20-23-30(33)32-36(34,35)28-16-10-5-11-17-28/h3-23H,2H2,1H3,(H,32,33)/b23-20+,31-29-. The number of carbonyl (C=O) groups excluding carboxylic acids is 1. The van der Waals surface area contributed by atoms with E-state index >= 15 is 0 Å². The van der Waals surface area contributed by atoms with Gasteiger partial charge in [-0.15, -0.1) is 0 Å². The van der Waals surface area contributed by atoms with Crippen molar-refractivity contribution in [2.24, 2.45) is 0 Å². The predicted octanol–water partition coefficient (Wildman–Crippen LogP) is 6.57. The zero-order chi connectivity index (χ0) is 25.4. The second kappa shape index (κ2) is 11.5. The van der Waals surface area contributed by atoms with Crippen LogP contribution in [0, 0.1) is 0 Å². The van der Waals surface area contributed by atoms with Crippen LogP contribution in [0.25, 0.3) is 17.2 Å². The Morgan fingerprint density at radius 3 is 1.75 bits per heavy atom. The van der Waals surface area contributed by atoms with E-state index in [1.54, 1.807) is 24.3 Å². The largest absolute Gasteiger partial charge is 0.269 e. The molecule has 0 bridgehead atoms. The molecule has 0 unspecified atom stereocenters. The first-order valence-corrected chi connectivity index (χ1v) is 13.2. The van der Waals surface area contributed by atoms with Crippen molar-refractivity contribution < 1.29 is 13.2 Å². The lowest BCUT2D eigenvalue weighted by molar-refractivity contribution is -0.114. The molecule has 0 fully saturated rings. The monoisotopic (exact) mass is 493 g/mol. The molecule has 0 aliphatic carbocycles. The number of amides is 1. The zero-order valence-electron chi connectivity index (χ0n) is 20.0. The minimum absolute atomic E-state index is 0.0430. The summed E-state index contributed by atoms with van der Waals surface area (Å²) < 4.78 is 26.8. The van der Waals surface area contributed by atoms with E-state index in [9.17, 15) is 13.2 Å². The molecular formula is C31H27NO3S. The normalized spacial score (nSPS) is 12.2. The number of allylic oxidation sites excluding steroid dienone is 1. The summed E-state index contributed by atoms with van der Waals surface area (Å²) in [4.78, 5) is 12.3. The lowest BCUT2D eigenvalue weighted by Gasteiger charge is -2.16. The van der Waals surface area contributed by atoms with Crippen molar-refractivity contribution in [1.82, 2.24) is 4.72 Å². The molecule has 36 heavy (non-hydrogen) atoms. The first kappa shape index (κ1) is 24.9. The van der Waals surface area contributed by atoms with Crippen molar-refractivity contribution in [3.63, 3.8) is 0 Å². The van der Waals surface area contributed by atoms with Gasteiger partial charge in [0, 0.05) is 6.08 Å². The molecule has 0 saturated carbocycles. The molecule has 0 radical (unpaired) electrons. The van der Waals surface area contributed by atoms with Gasteiger partial charge in [0.25, 0.3) is 15.9 Å². The highest BCUT2D eigenvalue weighted by atomic mass is 32.2. The number of carbonyl (C=O) groups is 1. The number of nitrogens with one attached hydrogen (secondary N) is 1. The van der Waals surface area contributed by atoms with Crippen LogP contribution in [0.15, 0.2) is 126 Å². The van der Waals surface area contributed by atoms with Crippen molar-refractivity contribution in [2.45, 2.75) is 18.2 Å². The summed E-state index contributed by atoms with van der Waals surface area (Å²) in [6.45, 7) is 2.16. The molecule has 0 heterocycles. The number of benzene rings is 4. The maximum atomic E-state index is 12.3. The molecular weight excluding hydrogens is 466 g/mol. The van der Waals surface area contributed by atoms with E-state index < -0.39 is 15.9 Å². The van der Waals surface area contributed by atoms with Gasteiger partial charge in [0.15, 0.2) is 0 Å². The van der Waals surface area contributed by atoms with Crippen LogP contribution in [0.1, 0.15) is 35.6 Å². The van der Waals surface area contributed by atoms with Crippen LogP contribution in [0.4, 0.5) is 0 Å². The van der Waals surface area contributed by atoms with E-state index in [-0.39, 0.29) is 4.90 Å². The first-order valence-electron chi connectivity index (χ1n) is 11.7. The third-order valence-electron chi connectivity index (χ3n) is 5.76. The Labute approximate surface area is 212 Å². The van der Waals surface area contributed by atoms with Gasteiger partial charge in [0.2, 0.25) is 0 Å². The van der Waals surface area contributed by atoms with Crippen molar-refractivity contribution in [1.29, 1.82) is 0 Å². The average molecular weight is 494 g/mol. The van der Waals surface area contributed by atoms with Crippen LogP contribution in [-0.2, 0) is 14.8 Å². The molecule has 4 aromatic carbocycles. The van der Waals surface area contributed by atoms with Crippen LogP contribution in [0.3, 0.4) is 0 Å². The Balaban J connectivity index is 1.60. The summed E-state index contributed by atoms with van der Waals surface area (Å²) >= 11 is 0.